The van der Waals surface area contributed by atoms with E-state index in [9.17, 15) is 4.79 Å². The maximum Gasteiger partial charge on any atom is 0.169 e. The largest absolute Gasteiger partial charge is 0.496 e. The molecule has 0 spiro atoms. The molecular weight excluding hydrogens is 268 g/mol. The zero-order chi connectivity index (χ0) is 15.4. The highest BCUT2D eigenvalue weighted by molar-refractivity contribution is 5.99. The van der Waals surface area contributed by atoms with E-state index in [1.807, 2.05) is 25.1 Å². The van der Waals surface area contributed by atoms with Gasteiger partial charge in [0.05, 0.1) is 14.2 Å². The van der Waals surface area contributed by atoms with E-state index in [1.165, 1.54) is 14.0 Å². The SMILES string of the molecule is COc1cc(C)ccc1Oc1cccc(OC)c1C(C)=O. The molecule has 0 bridgehead atoms. The van der Waals surface area contributed by atoms with Crippen LogP contribution in [0.3, 0.4) is 0 Å². The third kappa shape index (κ3) is 3.16. The second kappa shape index (κ2) is 6.31. The number of carbonyl (C=O) groups is 1. The molecule has 0 aromatic heterocycles. The number of ether oxygens (including phenoxy) is 3. The van der Waals surface area contributed by atoms with Crippen LogP contribution in [0.2, 0.25) is 0 Å². The molecule has 4 heteroatoms. The van der Waals surface area contributed by atoms with Crippen LogP contribution in [0.5, 0.6) is 23.0 Å². The Morgan fingerprint density at radius 2 is 1.57 bits per heavy atom. The summed E-state index contributed by atoms with van der Waals surface area (Å²) in [5, 5.41) is 0. The van der Waals surface area contributed by atoms with Crippen molar-refractivity contribution in [3.63, 3.8) is 0 Å². The minimum Gasteiger partial charge on any atom is -0.496 e. The lowest BCUT2D eigenvalue weighted by molar-refractivity contribution is 0.101. The second-order valence-electron chi connectivity index (χ2n) is 4.65. The monoisotopic (exact) mass is 286 g/mol. The molecule has 0 saturated carbocycles. The van der Waals surface area contributed by atoms with E-state index in [4.69, 9.17) is 14.2 Å². The first-order valence-electron chi connectivity index (χ1n) is 6.57. The third-order valence-corrected chi connectivity index (χ3v) is 3.10. The predicted molar refractivity (Wildman–Crippen MR) is 80.8 cm³/mol. The summed E-state index contributed by atoms with van der Waals surface area (Å²) in [6, 6.07) is 10.9. The van der Waals surface area contributed by atoms with E-state index in [2.05, 4.69) is 0 Å². The fourth-order valence-electron chi connectivity index (χ4n) is 2.09. The van der Waals surface area contributed by atoms with Crippen LogP contribution < -0.4 is 14.2 Å². The number of aryl methyl sites for hydroxylation is 1. The molecule has 21 heavy (non-hydrogen) atoms. The smallest absolute Gasteiger partial charge is 0.169 e. The van der Waals surface area contributed by atoms with Crippen molar-refractivity contribution in [1.29, 1.82) is 0 Å². The van der Waals surface area contributed by atoms with Gasteiger partial charge in [0, 0.05) is 0 Å². The molecule has 0 N–H and O–H groups in total. The van der Waals surface area contributed by atoms with Gasteiger partial charge in [-0.05, 0) is 43.7 Å². The van der Waals surface area contributed by atoms with Crippen LogP contribution in [0.4, 0.5) is 0 Å². The van der Waals surface area contributed by atoms with Gasteiger partial charge in [0.15, 0.2) is 17.3 Å². The molecule has 0 radical (unpaired) electrons. The summed E-state index contributed by atoms with van der Waals surface area (Å²) < 4.78 is 16.4. The molecular formula is C17H18O4. The van der Waals surface area contributed by atoms with Crippen LogP contribution in [0.15, 0.2) is 36.4 Å². The normalized spacial score (nSPS) is 10.1. The second-order valence-corrected chi connectivity index (χ2v) is 4.65. The Hall–Kier alpha value is -2.49. The first-order chi connectivity index (χ1) is 10.1. The highest BCUT2D eigenvalue weighted by Crippen LogP contribution is 2.36. The number of hydrogen-bond donors (Lipinski definition) is 0. The number of methoxy groups -OCH3 is 2. The van der Waals surface area contributed by atoms with Crippen molar-refractivity contribution in [3.8, 4) is 23.0 Å². The molecule has 0 amide bonds. The Morgan fingerprint density at radius 3 is 2.19 bits per heavy atom. The Morgan fingerprint density at radius 1 is 0.905 bits per heavy atom. The summed E-state index contributed by atoms with van der Waals surface area (Å²) in [6.45, 7) is 3.45. The number of ketones is 1. The summed E-state index contributed by atoms with van der Waals surface area (Å²) in [5.41, 5.74) is 1.49. The van der Waals surface area contributed by atoms with E-state index in [0.717, 1.165) is 5.56 Å². The number of hydrogen-bond acceptors (Lipinski definition) is 4. The number of carbonyl (C=O) groups excluding carboxylic acids is 1. The van der Waals surface area contributed by atoms with Crippen LogP contribution in [-0.4, -0.2) is 20.0 Å². The van der Waals surface area contributed by atoms with Gasteiger partial charge < -0.3 is 14.2 Å². The molecule has 0 aliphatic heterocycles. The molecule has 2 rings (SSSR count). The average molecular weight is 286 g/mol. The summed E-state index contributed by atoms with van der Waals surface area (Å²) in [4.78, 5) is 11.9. The van der Waals surface area contributed by atoms with Gasteiger partial charge in [-0.3, -0.25) is 4.79 Å². The lowest BCUT2D eigenvalue weighted by Crippen LogP contribution is -2.01. The van der Waals surface area contributed by atoms with Gasteiger partial charge in [-0.15, -0.1) is 0 Å². The fraction of sp³-hybridized carbons (Fsp3) is 0.235. The van der Waals surface area contributed by atoms with Gasteiger partial charge in [0.1, 0.15) is 17.1 Å². The van der Waals surface area contributed by atoms with Crippen LogP contribution in [0.1, 0.15) is 22.8 Å². The van der Waals surface area contributed by atoms with Gasteiger partial charge >= 0.3 is 0 Å². The lowest BCUT2D eigenvalue weighted by Gasteiger charge is -2.15. The van der Waals surface area contributed by atoms with E-state index < -0.39 is 0 Å². The molecule has 0 aliphatic rings. The van der Waals surface area contributed by atoms with Crippen molar-refractivity contribution >= 4 is 5.78 Å². The van der Waals surface area contributed by atoms with E-state index in [0.29, 0.717) is 28.6 Å². The number of Topliss-reactive ketones (excluding diaryl/α,β-unsaturated/α-hetero) is 1. The quantitative estimate of drug-likeness (QED) is 0.779. The maximum atomic E-state index is 11.9. The van der Waals surface area contributed by atoms with Gasteiger partial charge in [-0.1, -0.05) is 12.1 Å². The Bertz CT molecular complexity index is 662. The highest BCUT2D eigenvalue weighted by atomic mass is 16.5. The van der Waals surface area contributed by atoms with Gasteiger partial charge in [-0.2, -0.15) is 0 Å². The Labute approximate surface area is 124 Å². The number of rotatable bonds is 5. The van der Waals surface area contributed by atoms with Crippen LogP contribution in [0.25, 0.3) is 0 Å². The van der Waals surface area contributed by atoms with Crippen LogP contribution >= 0.6 is 0 Å². The maximum absolute atomic E-state index is 11.9. The summed E-state index contributed by atoms with van der Waals surface area (Å²) in [5.74, 6) is 2.00. The number of benzene rings is 2. The van der Waals surface area contributed by atoms with Gasteiger partial charge in [0.25, 0.3) is 0 Å². The average Bonchev–Trinajstić information content (AvgIpc) is 2.48. The van der Waals surface area contributed by atoms with E-state index in [1.54, 1.807) is 25.3 Å². The zero-order valence-corrected chi connectivity index (χ0v) is 12.6. The molecule has 4 nitrogen and oxygen atoms in total. The Balaban J connectivity index is 2.47. The molecule has 0 aliphatic carbocycles. The predicted octanol–water partition coefficient (Wildman–Crippen LogP) is 4.01. The molecule has 0 saturated heterocycles. The minimum absolute atomic E-state index is 0.117. The van der Waals surface area contributed by atoms with Gasteiger partial charge in [0.2, 0.25) is 0 Å². The summed E-state index contributed by atoms with van der Waals surface area (Å²) in [6.07, 6.45) is 0. The minimum atomic E-state index is -0.117. The Kier molecular flexibility index (Phi) is 4.48. The highest BCUT2D eigenvalue weighted by Gasteiger charge is 2.16. The topological polar surface area (TPSA) is 44.8 Å². The molecule has 0 fully saturated rings. The first-order valence-corrected chi connectivity index (χ1v) is 6.57. The third-order valence-electron chi connectivity index (χ3n) is 3.10. The lowest BCUT2D eigenvalue weighted by atomic mass is 10.1. The summed E-state index contributed by atoms with van der Waals surface area (Å²) in [7, 11) is 3.11. The fourth-order valence-corrected chi connectivity index (χ4v) is 2.09. The van der Waals surface area contributed by atoms with Crippen molar-refractivity contribution in [3.05, 3.63) is 47.5 Å². The molecule has 2 aromatic rings. The standard InChI is InChI=1S/C17H18O4/c1-11-8-9-13(16(10-11)20-4)21-15-7-5-6-14(19-3)17(15)12(2)18/h5-10H,1-4H3. The van der Waals surface area contributed by atoms with Crippen molar-refractivity contribution < 1.29 is 19.0 Å². The van der Waals surface area contributed by atoms with Crippen molar-refractivity contribution in [1.82, 2.24) is 0 Å². The zero-order valence-electron chi connectivity index (χ0n) is 12.6. The molecule has 2 aromatic carbocycles. The molecule has 0 atom stereocenters. The van der Waals surface area contributed by atoms with E-state index in [-0.39, 0.29) is 5.78 Å². The van der Waals surface area contributed by atoms with Crippen molar-refractivity contribution in [2.24, 2.45) is 0 Å². The molecule has 110 valence electrons. The van der Waals surface area contributed by atoms with Crippen molar-refractivity contribution in [2.75, 3.05) is 14.2 Å². The van der Waals surface area contributed by atoms with Crippen LogP contribution in [0, 0.1) is 6.92 Å². The van der Waals surface area contributed by atoms with Crippen LogP contribution in [-0.2, 0) is 0 Å². The van der Waals surface area contributed by atoms with Gasteiger partial charge in [-0.25, -0.2) is 0 Å². The first kappa shape index (κ1) is 14.9. The van der Waals surface area contributed by atoms with E-state index >= 15 is 0 Å². The molecule has 0 heterocycles. The summed E-state index contributed by atoms with van der Waals surface area (Å²) >= 11 is 0. The molecule has 0 unspecified atom stereocenters. The van der Waals surface area contributed by atoms with Crippen molar-refractivity contribution in [2.45, 2.75) is 13.8 Å².